The van der Waals surface area contributed by atoms with E-state index in [1.54, 1.807) is 14.2 Å². The fourth-order valence-corrected chi connectivity index (χ4v) is 1.43. The van der Waals surface area contributed by atoms with E-state index in [1.165, 1.54) is 25.2 Å². The van der Waals surface area contributed by atoms with Crippen LogP contribution in [0.1, 0.15) is 60.6 Å². The molecule has 0 saturated carbocycles. The third-order valence-electron chi connectivity index (χ3n) is 2.38. The largest absolute Gasteiger partial charge is 0.469 e. The van der Waals surface area contributed by atoms with E-state index < -0.39 is 0 Å². The molecule has 0 radical (unpaired) electrons. The lowest BCUT2D eigenvalue weighted by Gasteiger charge is -2.00. The van der Waals surface area contributed by atoms with E-state index in [2.05, 4.69) is 70.1 Å². The van der Waals surface area contributed by atoms with E-state index in [1.807, 2.05) is 27.7 Å². The molecule has 0 spiro atoms. The van der Waals surface area contributed by atoms with Crippen LogP contribution in [-0.2, 0) is 20.7 Å². The number of carbonyl (C=O) groups is 1. The van der Waals surface area contributed by atoms with E-state index in [9.17, 15) is 4.79 Å². The molecule has 0 aliphatic heterocycles. The van der Waals surface area contributed by atoms with Gasteiger partial charge in [0.2, 0.25) is 0 Å². The summed E-state index contributed by atoms with van der Waals surface area (Å²) in [6.07, 6.45) is 1.03. The zero-order valence-electron chi connectivity index (χ0n) is 17.2. The van der Waals surface area contributed by atoms with Gasteiger partial charge in [-0.15, -0.1) is 0 Å². The molecule has 0 aliphatic rings. The molecule has 3 heteroatoms. The Kier molecular flexibility index (Phi) is 42.0. The standard InChI is InChI=1S/C13H12.C3H6O2.C2H6O.2C2H6.2CH4/c1-3-7-12(8-4-1)11-13-9-5-2-6-10-13;1-3(4)5-2;1-3-2;2*1-2;;/h1-10H,11H2;1-2H3;1-2H3;2*1-2H3;2*1H4. The zero-order valence-corrected chi connectivity index (χ0v) is 17.2. The van der Waals surface area contributed by atoms with Crippen molar-refractivity contribution in [2.24, 2.45) is 0 Å². The average molecular weight is 381 g/mol. The van der Waals surface area contributed by atoms with E-state index in [0.717, 1.165) is 6.42 Å². The van der Waals surface area contributed by atoms with Gasteiger partial charge in [0.15, 0.2) is 0 Å². The first-order chi connectivity index (χ1) is 12.1. The van der Waals surface area contributed by atoms with Crippen LogP contribution < -0.4 is 0 Å². The maximum absolute atomic E-state index is 9.59. The Bertz CT molecular complexity index is 430. The lowest BCUT2D eigenvalue weighted by atomic mass is 10.1. The molecule has 0 aromatic heterocycles. The number of carbonyl (C=O) groups excluding carboxylic acids is 1. The summed E-state index contributed by atoms with van der Waals surface area (Å²) in [6.45, 7) is 9.36. The molecule has 0 N–H and O–H groups in total. The third-order valence-corrected chi connectivity index (χ3v) is 2.38. The Balaban J connectivity index is -0.0000000986. The van der Waals surface area contributed by atoms with Crippen molar-refractivity contribution >= 4 is 5.97 Å². The minimum absolute atomic E-state index is 0. The highest BCUT2D eigenvalue weighted by atomic mass is 16.5. The quantitative estimate of drug-likeness (QED) is 0.524. The first kappa shape index (κ1) is 35.9. The number of hydrogen-bond donors (Lipinski definition) is 0. The second-order valence-electron chi connectivity index (χ2n) is 4.25. The molecule has 27 heavy (non-hydrogen) atoms. The van der Waals surface area contributed by atoms with E-state index in [4.69, 9.17) is 0 Å². The van der Waals surface area contributed by atoms with Gasteiger partial charge >= 0.3 is 5.97 Å². The highest BCUT2D eigenvalue weighted by molar-refractivity contribution is 5.65. The maximum Gasteiger partial charge on any atom is 0.302 e. The van der Waals surface area contributed by atoms with Crippen molar-refractivity contribution in [3.05, 3.63) is 71.8 Å². The lowest BCUT2D eigenvalue weighted by molar-refractivity contribution is -0.137. The van der Waals surface area contributed by atoms with E-state index in [0.29, 0.717) is 0 Å². The van der Waals surface area contributed by atoms with Crippen LogP contribution in [0.25, 0.3) is 0 Å². The van der Waals surface area contributed by atoms with Crippen molar-refractivity contribution in [3.8, 4) is 0 Å². The van der Waals surface area contributed by atoms with Gasteiger partial charge in [-0.2, -0.15) is 0 Å². The fraction of sp³-hybridized carbons (Fsp3) is 0.458. The Morgan fingerprint density at radius 2 is 0.926 bits per heavy atom. The van der Waals surface area contributed by atoms with Crippen molar-refractivity contribution in [3.63, 3.8) is 0 Å². The van der Waals surface area contributed by atoms with Crippen molar-refractivity contribution < 1.29 is 14.3 Å². The van der Waals surface area contributed by atoms with Gasteiger partial charge in [-0.25, -0.2) is 0 Å². The maximum atomic E-state index is 9.59. The van der Waals surface area contributed by atoms with Crippen LogP contribution in [0.15, 0.2) is 60.7 Å². The Morgan fingerprint density at radius 1 is 0.704 bits per heavy atom. The molecule has 0 heterocycles. The van der Waals surface area contributed by atoms with Gasteiger partial charge in [-0.05, 0) is 17.5 Å². The van der Waals surface area contributed by atoms with E-state index >= 15 is 0 Å². The van der Waals surface area contributed by atoms with Gasteiger partial charge in [0.05, 0.1) is 7.11 Å². The Hall–Kier alpha value is -2.13. The summed E-state index contributed by atoms with van der Waals surface area (Å²) in [5, 5.41) is 0. The molecule has 2 aromatic rings. The molecule has 0 unspecified atom stereocenters. The Labute approximate surface area is 169 Å². The number of ether oxygens (including phenoxy) is 2. The number of rotatable bonds is 2. The molecular formula is C24H44O3. The number of hydrogen-bond acceptors (Lipinski definition) is 3. The van der Waals surface area contributed by atoms with Crippen molar-refractivity contribution in [2.45, 2.75) is 55.9 Å². The molecule has 0 saturated heterocycles. The van der Waals surface area contributed by atoms with Gasteiger partial charge in [-0.1, -0.05) is 103 Å². The molecular weight excluding hydrogens is 336 g/mol. The van der Waals surface area contributed by atoms with Gasteiger partial charge in [0, 0.05) is 21.1 Å². The predicted molar refractivity (Wildman–Crippen MR) is 122 cm³/mol. The SMILES string of the molecule is C.C.CC.CC.COC.COC(C)=O.c1ccc(Cc2ccccc2)cc1. The fourth-order valence-electron chi connectivity index (χ4n) is 1.43. The third kappa shape index (κ3) is 28.9. The monoisotopic (exact) mass is 380 g/mol. The van der Waals surface area contributed by atoms with Crippen LogP contribution in [0.3, 0.4) is 0 Å². The second-order valence-corrected chi connectivity index (χ2v) is 4.25. The predicted octanol–water partition coefficient (Wildman–Crippen LogP) is 7.04. The molecule has 2 aromatic carbocycles. The summed E-state index contributed by atoms with van der Waals surface area (Å²) in [4.78, 5) is 9.59. The molecule has 158 valence electrons. The molecule has 0 aliphatic carbocycles. The topological polar surface area (TPSA) is 35.5 Å². The summed E-state index contributed by atoms with van der Waals surface area (Å²) >= 11 is 0. The summed E-state index contributed by atoms with van der Waals surface area (Å²) in [5.74, 6) is -0.245. The van der Waals surface area contributed by atoms with Gasteiger partial charge < -0.3 is 9.47 Å². The van der Waals surface area contributed by atoms with Crippen molar-refractivity contribution in [2.75, 3.05) is 21.3 Å². The number of benzene rings is 2. The zero-order chi connectivity index (χ0) is 19.9. The molecule has 0 bridgehead atoms. The van der Waals surface area contributed by atoms with Crippen LogP contribution >= 0.6 is 0 Å². The second kappa shape index (κ2) is 31.6. The molecule has 0 atom stereocenters. The molecule has 3 nitrogen and oxygen atoms in total. The molecule has 2 rings (SSSR count). The van der Waals surface area contributed by atoms with Crippen LogP contribution in [0.2, 0.25) is 0 Å². The van der Waals surface area contributed by atoms with Gasteiger partial charge in [0.1, 0.15) is 0 Å². The lowest BCUT2D eigenvalue weighted by Crippen LogP contribution is -1.88. The van der Waals surface area contributed by atoms with Gasteiger partial charge in [-0.3, -0.25) is 4.79 Å². The summed E-state index contributed by atoms with van der Waals surface area (Å²) < 4.78 is 8.36. The van der Waals surface area contributed by atoms with Crippen LogP contribution in [0.5, 0.6) is 0 Å². The summed E-state index contributed by atoms with van der Waals surface area (Å²) in [6, 6.07) is 21.1. The minimum atomic E-state index is -0.245. The normalized spacial score (nSPS) is 7.11. The minimum Gasteiger partial charge on any atom is -0.469 e. The van der Waals surface area contributed by atoms with Crippen LogP contribution in [-0.4, -0.2) is 27.3 Å². The number of methoxy groups -OCH3 is 2. The van der Waals surface area contributed by atoms with Crippen molar-refractivity contribution in [1.29, 1.82) is 0 Å². The van der Waals surface area contributed by atoms with Crippen LogP contribution in [0, 0.1) is 0 Å². The first-order valence-electron chi connectivity index (χ1n) is 8.66. The van der Waals surface area contributed by atoms with E-state index in [-0.39, 0.29) is 20.8 Å². The Morgan fingerprint density at radius 3 is 1.11 bits per heavy atom. The van der Waals surface area contributed by atoms with Crippen molar-refractivity contribution in [1.82, 2.24) is 0 Å². The highest BCUT2D eigenvalue weighted by Gasteiger charge is 1.92. The average Bonchev–Trinajstić information content (AvgIpc) is 2.68. The summed E-state index contributed by atoms with van der Waals surface area (Å²) in [5.41, 5.74) is 2.74. The van der Waals surface area contributed by atoms with Gasteiger partial charge in [0.25, 0.3) is 0 Å². The number of esters is 1. The molecule has 0 amide bonds. The first-order valence-corrected chi connectivity index (χ1v) is 8.66. The smallest absolute Gasteiger partial charge is 0.302 e. The summed E-state index contributed by atoms with van der Waals surface area (Å²) in [7, 11) is 4.60. The molecule has 0 fully saturated rings. The highest BCUT2D eigenvalue weighted by Crippen LogP contribution is 2.07. The van der Waals surface area contributed by atoms with Crippen LogP contribution in [0.4, 0.5) is 0 Å².